The highest BCUT2D eigenvalue weighted by atomic mass is 32.2. The van der Waals surface area contributed by atoms with E-state index in [-0.39, 0.29) is 12.6 Å². The Labute approximate surface area is 181 Å². The zero-order chi connectivity index (χ0) is 22.4. The summed E-state index contributed by atoms with van der Waals surface area (Å²) >= 11 is 0. The minimum Gasteiger partial charge on any atom is -0.497 e. The second kappa shape index (κ2) is 10.3. The zero-order valence-electron chi connectivity index (χ0n) is 19.0. The van der Waals surface area contributed by atoms with E-state index in [0.29, 0.717) is 12.5 Å². The molecular weight excluding hydrogens is 404 g/mol. The molecule has 1 aliphatic rings. The van der Waals surface area contributed by atoms with E-state index in [4.69, 9.17) is 9.47 Å². The Hall–Kier alpha value is -2.00. The lowest BCUT2D eigenvalue weighted by Crippen LogP contribution is -2.45. The summed E-state index contributed by atoms with van der Waals surface area (Å²) in [5, 5.41) is 6.68. The van der Waals surface area contributed by atoms with Gasteiger partial charge in [-0.2, -0.15) is 0 Å². The van der Waals surface area contributed by atoms with Gasteiger partial charge in [0.2, 0.25) is 0 Å². The molecule has 1 fully saturated rings. The van der Waals surface area contributed by atoms with Gasteiger partial charge in [0.1, 0.15) is 11.5 Å². The molecule has 1 heterocycles. The molecule has 1 aliphatic heterocycles. The fraction of sp³-hybridized carbons (Fsp3) is 0.667. The van der Waals surface area contributed by atoms with Crippen molar-refractivity contribution in [3.05, 3.63) is 23.8 Å². The largest absolute Gasteiger partial charge is 0.497 e. The van der Waals surface area contributed by atoms with E-state index in [9.17, 15) is 8.42 Å². The van der Waals surface area contributed by atoms with E-state index in [1.165, 1.54) is 6.26 Å². The highest BCUT2D eigenvalue weighted by Crippen LogP contribution is 2.24. The summed E-state index contributed by atoms with van der Waals surface area (Å²) < 4.78 is 33.7. The van der Waals surface area contributed by atoms with E-state index < -0.39 is 14.6 Å². The van der Waals surface area contributed by atoms with Gasteiger partial charge in [-0.25, -0.2) is 8.42 Å². The molecule has 0 amide bonds. The highest BCUT2D eigenvalue weighted by Gasteiger charge is 2.30. The van der Waals surface area contributed by atoms with Crippen LogP contribution in [-0.2, 0) is 16.4 Å². The van der Waals surface area contributed by atoms with Crippen molar-refractivity contribution in [3.63, 3.8) is 0 Å². The molecule has 8 nitrogen and oxygen atoms in total. The van der Waals surface area contributed by atoms with Crippen molar-refractivity contribution in [1.82, 2.24) is 15.5 Å². The van der Waals surface area contributed by atoms with Gasteiger partial charge in [-0.15, -0.1) is 0 Å². The monoisotopic (exact) mass is 440 g/mol. The topological polar surface area (TPSA) is 92.3 Å². The molecule has 2 N–H and O–H groups in total. The molecule has 1 aromatic rings. The number of sulfone groups is 1. The number of likely N-dealkylation sites (tertiary alicyclic amines) is 1. The third-order valence-electron chi connectivity index (χ3n) is 5.40. The molecule has 2 rings (SSSR count). The lowest BCUT2D eigenvalue weighted by Gasteiger charge is -2.22. The van der Waals surface area contributed by atoms with Crippen LogP contribution < -0.4 is 20.1 Å². The average molecular weight is 441 g/mol. The van der Waals surface area contributed by atoms with Gasteiger partial charge in [0.15, 0.2) is 15.8 Å². The third kappa shape index (κ3) is 6.77. The van der Waals surface area contributed by atoms with Crippen LogP contribution in [0, 0.1) is 0 Å². The quantitative estimate of drug-likeness (QED) is 0.446. The van der Waals surface area contributed by atoms with Gasteiger partial charge < -0.3 is 20.1 Å². The van der Waals surface area contributed by atoms with E-state index >= 15 is 0 Å². The molecule has 0 spiro atoms. The summed E-state index contributed by atoms with van der Waals surface area (Å²) in [6.07, 6.45) is 2.24. The fourth-order valence-electron chi connectivity index (χ4n) is 3.21. The molecule has 0 aromatic heterocycles. The van der Waals surface area contributed by atoms with Crippen LogP contribution in [0.3, 0.4) is 0 Å². The first-order valence-electron chi connectivity index (χ1n) is 10.3. The molecule has 0 bridgehead atoms. The Morgan fingerprint density at radius 1 is 1.23 bits per heavy atom. The number of ether oxygens (including phenoxy) is 2. The predicted octanol–water partition coefficient (Wildman–Crippen LogP) is 1.66. The van der Waals surface area contributed by atoms with Gasteiger partial charge in [0.25, 0.3) is 0 Å². The molecule has 0 saturated carbocycles. The number of benzene rings is 1. The van der Waals surface area contributed by atoms with E-state index in [1.54, 1.807) is 28.1 Å². The molecular formula is C21H36N4O4S. The van der Waals surface area contributed by atoms with Gasteiger partial charge in [-0.3, -0.25) is 9.89 Å². The van der Waals surface area contributed by atoms with E-state index in [2.05, 4.69) is 20.5 Å². The maximum absolute atomic E-state index is 11.9. The number of nitrogens with one attached hydrogen (secondary N) is 2. The van der Waals surface area contributed by atoms with Crippen molar-refractivity contribution in [2.45, 2.75) is 44.5 Å². The average Bonchev–Trinajstić information content (AvgIpc) is 3.11. The molecule has 1 unspecified atom stereocenters. The molecule has 1 saturated heterocycles. The summed E-state index contributed by atoms with van der Waals surface area (Å²) in [5.74, 6) is 2.23. The summed E-state index contributed by atoms with van der Waals surface area (Å²) in [6.45, 7) is 8.97. The molecule has 1 aromatic carbocycles. The van der Waals surface area contributed by atoms with Crippen LogP contribution in [0.1, 0.15) is 32.8 Å². The van der Waals surface area contributed by atoms with Crippen LogP contribution in [0.4, 0.5) is 0 Å². The van der Waals surface area contributed by atoms with E-state index in [1.807, 2.05) is 25.1 Å². The summed E-state index contributed by atoms with van der Waals surface area (Å²) in [4.78, 5) is 6.90. The van der Waals surface area contributed by atoms with Gasteiger partial charge >= 0.3 is 0 Å². The first kappa shape index (κ1) is 24.3. The molecule has 0 radical (unpaired) electrons. The standard InChI is InChI=1S/C21H36N4O4S/c1-7-22-20(23-15-21(2,3)30(6,26)27)24-17-8-9-25(14-17)13-16-10-18(28-4)12-19(11-16)29-5/h10-12,17H,7-9,13-15H2,1-6H3,(H2,22,23,24). The molecule has 30 heavy (non-hydrogen) atoms. The van der Waals surface area contributed by atoms with Crippen LogP contribution >= 0.6 is 0 Å². The van der Waals surface area contributed by atoms with Crippen LogP contribution in [0.25, 0.3) is 0 Å². The number of nitrogens with zero attached hydrogens (tertiary/aromatic N) is 2. The maximum atomic E-state index is 11.9. The Morgan fingerprint density at radius 2 is 1.87 bits per heavy atom. The minimum atomic E-state index is -3.19. The first-order chi connectivity index (χ1) is 14.1. The Morgan fingerprint density at radius 3 is 2.40 bits per heavy atom. The number of hydrogen-bond acceptors (Lipinski definition) is 6. The van der Waals surface area contributed by atoms with Crippen molar-refractivity contribution >= 4 is 15.8 Å². The Bertz CT molecular complexity index is 817. The van der Waals surface area contributed by atoms with Gasteiger partial charge in [-0.05, 0) is 44.9 Å². The second-order valence-electron chi connectivity index (χ2n) is 8.31. The maximum Gasteiger partial charge on any atom is 0.191 e. The first-order valence-corrected chi connectivity index (χ1v) is 12.2. The SMILES string of the molecule is CCNC(=NCC(C)(C)S(C)(=O)=O)NC1CCN(Cc2cc(OC)cc(OC)c2)C1. The summed E-state index contributed by atoms with van der Waals surface area (Å²) in [6, 6.07) is 6.18. The minimum absolute atomic E-state index is 0.210. The highest BCUT2D eigenvalue weighted by molar-refractivity contribution is 7.92. The normalized spacial score (nSPS) is 18.3. The van der Waals surface area contributed by atoms with Crippen molar-refractivity contribution in [1.29, 1.82) is 0 Å². The number of guanidine groups is 1. The zero-order valence-corrected chi connectivity index (χ0v) is 19.8. The number of hydrogen-bond donors (Lipinski definition) is 2. The van der Waals surface area contributed by atoms with Crippen molar-refractivity contribution < 1.29 is 17.9 Å². The molecule has 9 heteroatoms. The van der Waals surface area contributed by atoms with Crippen molar-refractivity contribution in [2.24, 2.45) is 4.99 Å². The molecule has 1 atom stereocenters. The third-order valence-corrected chi connectivity index (χ3v) is 7.53. The second-order valence-corrected chi connectivity index (χ2v) is 11.0. The fourth-order valence-corrected chi connectivity index (χ4v) is 3.51. The molecule has 0 aliphatic carbocycles. The van der Waals surface area contributed by atoms with Gasteiger partial charge in [0.05, 0.1) is 25.5 Å². The summed E-state index contributed by atoms with van der Waals surface area (Å²) in [5.41, 5.74) is 1.14. The van der Waals surface area contributed by atoms with E-state index in [0.717, 1.165) is 43.1 Å². The Kier molecular flexibility index (Phi) is 8.37. The Balaban J connectivity index is 1.99. The van der Waals surface area contributed by atoms with Crippen LogP contribution in [-0.4, -0.2) is 76.7 Å². The number of aliphatic imine (C=N–C) groups is 1. The van der Waals surface area contributed by atoms with Crippen molar-refractivity contribution in [2.75, 3.05) is 46.7 Å². The van der Waals surface area contributed by atoms with Gasteiger partial charge in [-0.1, -0.05) is 0 Å². The predicted molar refractivity (Wildman–Crippen MR) is 121 cm³/mol. The molecule has 170 valence electrons. The van der Waals surface area contributed by atoms with Crippen LogP contribution in [0.5, 0.6) is 11.5 Å². The number of rotatable bonds is 9. The van der Waals surface area contributed by atoms with Crippen LogP contribution in [0.15, 0.2) is 23.2 Å². The van der Waals surface area contributed by atoms with Crippen LogP contribution in [0.2, 0.25) is 0 Å². The lowest BCUT2D eigenvalue weighted by molar-refractivity contribution is 0.321. The van der Waals surface area contributed by atoms with Gasteiger partial charge in [0, 0.05) is 44.5 Å². The lowest BCUT2D eigenvalue weighted by atomic mass is 10.2. The summed E-state index contributed by atoms with van der Waals surface area (Å²) in [7, 11) is 0.121. The van der Waals surface area contributed by atoms with Crippen molar-refractivity contribution in [3.8, 4) is 11.5 Å². The smallest absolute Gasteiger partial charge is 0.191 e. The number of methoxy groups -OCH3 is 2.